The van der Waals surface area contributed by atoms with Gasteiger partial charge in [-0.15, -0.1) is 0 Å². The van der Waals surface area contributed by atoms with Gasteiger partial charge < -0.3 is 5.32 Å². The number of aryl methyl sites for hydroxylation is 3. The lowest BCUT2D eigenvalue weighted by molar-refractivity contribution is 0.225. The molecule has 0 saturated heterocycles. The van der Waals surface area contributed by atoms with E-state index in [-0.39, 0.29) is 11.4 Å². The van der Waals surface area contributed by atoms with E-state index >= 15 is 0 Å². The molecule has 2 aromatic carbocycles. The summed E-state index contributed by atoms with van der Waals surface area (Å²) < 4.78 is 27.2. The number of nitrogens with one attached hydrogen (secondary N) is 1. The summed E-state index contributed by atoms with van der Waals surface area (Å²) in [5, 5.41) is 2.45. The van der Waals surface area contributed by atoms with Crippen LogP contribution in [-0.4, -0.2) is 32.3 Å². The van der Waals surface area contributed by atoms with Crippen LogP contribution in [0.5, 0.6) is 0 Å². The normalized spacial score (nSPS) is 10.3. The first-order valence-corrected chi connectivity index (χ1v) is 13.6. The van der Waals surface area contributed by atoms with Crippen LogP contribution in [-0.2, 0) is 22.9 Å². The van der Waals surface area contributed by atoms with Gasteiger partial charge in [0.1, 0.15) is 0 Å². The molecule has 5 nitrogen and oxygen atoms in total. The Balaban J connectivity index is 0.00000154. The van der Waals surface area contributed by atoms with E-state index in [4.69, 9.17) is 0 Å². The van der Waals surface area contributed by atoms with Gasteiger partial charge in [-0.3, -0.25) is 0 Å². The second-order valence-corrected chi connectivity index (χ2v) is 9.42. The quantitative estimate of drug-likeness (QED) is 0.436. The number of sulfonamides is 1. The lowest BCUT2D eigenvalue weighted by Crippen LogP contribution is -2.43. The number of rotatable bonds is 9. The van der Waals surface area contributed by atoms with Crippen molar-refractivity contribution < 1.29 is 13.2 Å². The van der Waals surface area contributed by atoms with Gasteiger partial charge in [0.05, 0.1) is 4.90 Å². The SMILES string of the molecule is CC.CCCC.CCCc1cc(S(=O)(=O)N(CCCc2ccccc2)C(=O)NC)ccc1C. The van der Waals surface area contributed by atoms with Crippen molar-refractivity contribution >= 4 is 16.1 Å². The lowest BCUT2D eigenvalue weighted by atomic mass is 10.0. The molecule has 0 saturated carbocycles. The topological polar surface area (TPSA) is 66.5 Å². The Hall–Kier alpha value is -2.34. The molecule has 0 radical (unpaired) electrons. The maximum Gasteiger partial charge on any atom is 0.331 e. The van der Waals surface area contributed by atoms with Crippen LogP contribution >= 0.6 is 0 Å². The first-order chi connectivity index (χ1) is 15.8. The fraction of sp³-hybridized carbons (Fsp3) is 0.519. The molecule has 2 rings (SSSR count). The third kappa shape index (κ3) is 10.4. The molecule has 0 aliphatic heterocycles. The molecule has 2 amide bonds. The first kappa shape index (κ1) is 30.7. The van der Waals surface area contributed by atoms with E-state index in [0.717, 1.165) is 33.8 Å². The average Bonchev–Trinajstić information content (AvgIpc) is 2.84. The number of urea groups is 1. The number of amides is 2. The van der Waals surface area contributed by atoms with E-state index in [9.17, 15) is 13.2 Å². The van der Waals surface area contributed by atoms with Crippen molar-refractivity contribution in [2.75, 3.05) is 13.6 Å². The predicted molar refractivity (Wildman–Crippen MR) is 140 cm³/mol. The zero-order chi connectivity index (χ0) is 25.3. The summed E-state index contributed by atoms with van der Waals surface area (Å²) in [5.41, 5.74) is 3.18. The molecule has 1 N–H and O–H groups in total. The molecule has 0 aliphatic rings. The molecule has 0 unspecified atom stereocenters. The number of carbonyl (C=O) groups is 1. The molecule has 0 atom stereocenters. The highest BCUT2D eigenvalue weighted by molar-refractivity contribution is 7.89. The Morgan fingerprint density at radius 2 is 1.52 bits per heavy atom. The third-order valence-corrected chi connectivity index (χ3v) is 6.82. The Morgan fingerprint density at radius 3 is 2.03 bits per heavy atom. The van der Waals surface area contributed by atoms with Crippen LogP contribution in [0.2, 0.25) is 0 Å². The number of nitrogens with zero attached hydrogens (tertiary/aromatic N) is 1. The summed E-state index contributed by atoms with van der Waals surface area (Å²) >= 11 is 0. The van der Waals surface area contributed by atoms with Crippen molar-refractivity contribution in [1.29, 1.82) is 0 Å². The van der Waals surface area contributed by atoms with Gasteiger partial charge in [0.25, 0.3) is 10.0 Å². The molecule has 33 heavy (non-hydrogen) atoms. The highest BCUT2D eigenvalue weighted by Gasteiger charge is 2.28. The van der Waals surface area contributed by atoms with E-state index in [1.54, 1.807) is 12.1 Å². The van der Waals surface area contributed by atoms with Gasteiger partial charge in [0.2, 0.25) is 0 Å². The maximum atomic E-state index is 13.1. The van der Waals surface area contributed by atoms with Crippen molar-refractivity contribution in [3.63, 3.8) is 0 Å². The summed E-state index contributed by atoms with van der Waals surface area (Å²) in [6.07, 6.45) is 5.65. The average molecular weight is 477 g/mol. The van der Waals surface area contributed by atoms with Crippen LogP contribution in [0.3, 0.4) is 0 Å². The molecule has 0 heterocycles. The number of carbonyl (C=O) groups excluding carboxylic acids is 1. The monoisotopic (exact) mass is 476 g/mol. The van der Waals surface area contributed by atoms with Crippen molar-refractivity contribution in [1.82, 2.24) is 9.62 Å². The van der Waals surface area contributed by atoms with Crippen molar-refractivity contribution in [2.45, 2.75) is 85.0 Å². The summed E-state index contributed by atoms with van der Waals surface area (Å²) in [6.45, 7) is 12.5. The molecule has 0 fully saturated rings. The zero-order valence-electron chi connectivity index (χ0n) is 21.6. The Kier molecular flexibility index (Phi) is 16.0. The zero-order valence-corrected chi connectivity index (χ0v) is 22.5. The van der Waals surface area contributed by atoms with Gasteiger partial charge in [-0.2, -0.15) is 0 Å². The summed E-state index contributed by atoms with van der Waals surface area (Å²) in [6, 6.07) is 14.3. The Labute approximate surface area is 202 Å². The molecule has 2 aromatic rings. The van der Waals surface area contributed by atoms with Crippen LogP contribution in [0.1, 0.15) is 77.0 Å². The molecule has 0 spiro atoms. The predicted octanol–water partition coefficient (Wildman–Crippen LogP) is 6.74. The molecule has 0 aromatic heterocycles. The van der Waals surface area contributed by atoms with E-state index in [1.165, 1.54) is 19.9 Å². The van der Waals surface area contributed by atoms with E-state index in [2.05, 4.69) is 26.1 Å². The van der Waals surface area contributed by atoms with Gasteiger partial charge in [-0.1, -0.05) is 90.3 Å². The summed E-state index contributed by atoms with van der Waals surface area (Å²) in [4.78, 5) is 12.5. The second kappa shape index (κ2) is 17.2. The van der Waals surface area contributed by atoms with Crippen LogP contribution in [0, 0.1) is 6.92 Å². The smallest absolute Gasteiger partial charge is 0.331 e. The van der Waals surface area contributed by atoms with E-state index < -0.39 is 16.1 Å². The maximum absolute atomic E-state index is 13.1. The van der Waals surface area contributed by atoms with Crippen LogP contribution < -0.4 is 5.32 Å². The largest absolute Gasteiger partial charge is 0.340 e. The van der Waals surface area contributed by atoms with Gasteiger partial charge >= 0.3 is 6.03 Å². The number of unbranched alkanes of at least 4 members (excludes halogenated alkanes) is 1. The minimum atomic E-state index is -3.90. The first-order valence-electron chi connectivity index (χ1n) is 12.2. The van der Waals surface area contributed by atoms with Gasteiger partial charge in [-0.05, 0) is 55.0 Å². The highest BCUT2D eigenvalue weighted by Crippen LogP contribution is 2.21. The summed E-state index contributed by atoms with van der Waals surface area (Å²) in [7, 11) is -2.46. The van der Waals surface area contributed by atoms with Crippen LogP contribution in [0.4, 0.5) is 4.79 Å². The number of hydrogen-bond donors (Lipinski definition) is 1. The minimum absolute atomic E-state index is 0.133. The molecule has 0 aliphatic carbocycles. The van der Waals surface area contributed by atoms with E-state index in [1.807, 2.05) is 57.2 Å². The van der Waals surface area contributed by atoms with Crippen molar-refractivity contribution in [3.05, 3.63) is 65.2 Å². The van der Waals surface area contributed by atoms with Crippen LogP contribution in [0.25, 0.3) is 0 Å². The minimum Gasteiger partial charge on any atom is -0.340 e. The third-order valence-electron chi connectivity index (χ3n) is 5.04. The fourth-order valence-corrected chi connectivity index (χ4v) is 4.47. The van der Waals surface area contributed by atoms with Crippen LogP contribution in [0.15, 0.2) is 53.4 Å². The Morgan fingerprint density at radius 1 is 0.909 bits per heavy atom. The molecular formula is C27H44N2O3S. The number of benzene rings is 2. The van der Waals surface area contributed by atoms with E-state index in [0.29, 0.717) is 12.8 Å². The standard InChI is InChI=1S/C21H28N2O3S.C4H10.C2H6/c1-4-9-19-16-20(14-13-17(19)2)27(25,26)23(21(24)22-3)15-8-12-18-10-6-5-7-11-18;1-3-4-2;1-2/h5-7,10-11,13-14,16H,4,8-9,12,15H2,1-3H3,(H,22,24);3-4H2,1-2H3;1-2H3. The van der Waals surface area contributed by atoms with Gasteiger partial charge in [-0.25, -0.2) is 17.5 Å². The lowest BCUT2D eigenvalue weighted by Gasteiger charge is -2.22. The van der Waals surface area contributed by atoms with Gasteiger partial charge in [0.15, 0.2) is 0 Å². The fourth-order valence-electron chi connectivity index (χ4n) is 3.00. The summed E-state index contributed by atoms with van der Waals surface area (Å²) in [5.74, 6) is 0. The Bertz CT molecular complexity index is 895. The molecule has 6 heteroatoms. The second-order valence-electron chi connectivity index (χ2n) is 7.56. The number of hydrogen-bond acceptors (Lipinski definition) is 3. The molecular weight excluding hydrogens is 432 g/mol. The molecule has 0 bridgehead atoms. The highest BCUT2D eigenvalue weighted by atomic mass is 32.2. The van der Waals surface area contributed by atoms with Crippen molar-refractivity contribution in [3.8, 4) is 0 Å². The molecule has 186 valence electrons. The van der Waals surface area contributed by atoms with Gasteiger partial charge in [0, 0.05) is 13.6 Å². The van der Waals surface area contributed by atoms with Crippen molar-refractivity contribution in [2.24, 2.45) is 0 Å².